The Morgan fingerprint density at radius 3 is 1.15 bits per heavy atom. The zero-order valence-electron chi connectivity index (χ0n) is 7.88. The van der Waals surface area contributed by atoms with Crippen molar-refractivity contribution in [3.05, 3.63) is 0 Å². The number of aliphatic hydroxyl groups is 3. The lowest BCUT2D eigenvalue weighted by atomic mass is 10.8. The number of aliphatic hydroxyl groups excluding tert-OH is 3. The average Bonchev–Trinajstić information content (AvgIpc) is 1.80. The summed E-state index contributed by atoms with van der Waals surface area (Å²) in [6.45, 7) is 4.16. The van der Waals surface area contributed by atoms with Crippen molar-refractivity contribution >= 4 is 15.1 Å². The van der Waals surface area contributed by atoms with Crippen LogP contribution in [0.25, 0.3) is 0 Å². The molecule has 0 aliphatic heterocycles. The zero-order chi connectivity index (χ0) is 10.4. The molecule has 0 amide bonds. The Bertz CT molecular complexity index is 105. The van der Waals surface area contributed by atoms with Gasteiger partial charge in [-0.3, -0.25) is 0 Å². The molecule has 0 aliphatic rings. The fourth-order valence-corrected chi connectivity index (χ4v) is 1.74. The normalized spacial score (nSPS) is 18.0. The second-order valence-electron chi connectivity index (χ2n) is 2.49. The highest BCUT2D eigenvalue weighted by Crippen LogP contribution is 2.01. The summed E-state index contributed by atoms with van der Waals surface area (Å²) < 4.78 is 14.4. The summed E-state index contributed by atoms with van der Waals surface area (Å²) >= 11 is -2.66. The minimum atomic E-state index is -2.66. The third-order valence-corrected chi connectivity index (χ3v) is 2.77. The van der Waals surface area contributed by atoms with Crippen LogP contribution < -0.4 is 0 Å². The quantitative estimate of drug-likeness (QED) is 0.386. The van der Waals surface area contributed by atoms with Crippen molar-refractivity contribution in [1.82, 2.24) is 0 Å². The molecule has 7 heteroatoms. The van der Waals surface area contributed by atoms with E-state index in [1.54, 1.807) is 0 Å². The van der Waals surface area contributed by atoms with Crippen LogP contribution in [0.4, 0.5) is 0 Å². The average molecular weight is 210 g/mol. The van der Waals surface area contributed by atoms with Crippen LogP contribution in [-0.2, 0) is 11.4 Å². The first-order valence-electron chi connectivity index (χ1n) is 3.92. The molecule has 0 saturated heterocycles. The number of hydrogen-bond donors (Lipinski definition) is 3. The van der Waals surface area contributed by atoms with Gasteiger partial charge < -0.3 is 26.7 Å². The van der Waals surface area contributed by atoms with Crippen molar-refractivity contribution in [2.75, 3.05) is 0 Å². The molecular formula is C6H15AlO6. The predicted octanol–water partition coefficient (Wildman–Crippen LogP) is -0.964. The molecule has 0 heterocycles. The highest BCUT2D eigenvalue weighted by Gasteiger charge is 2.36. The molecule has 3 N–H and O–H groups in total. The highest BCUT2D eigenvalue weighted by atomic mass is 27.3. The molecule has 6 nitrogen and oxygen atoms in total. The van der Waals surface area contributed by atoms with Crippen molar-refractivity contribution in [1.29, 1.82) is 0 Å². The minimum Gasteiger partial charge on any atom is -0.431 e. The molecule has 0 aromatic heterocycles. The Morgan fingerprint density at radius 2 is 1.00 bits per heavy atom. The molecule has 0 bridgehead atoms. The largest absolute Gasteiger partial charge is 0.911 e. The zero-order valence-corrected chi connectivity index (χ0v) is 9.03. The van der Waals surface area contributed by atoms with Crippen molar-refractivity contribution in [3.63, 3.8) is 0 Å². The molecule has 13 heavy (non-hydrogen) atoms. The standard InChI is InChI=1S/3C2H5O2.Al/c3*1-2(3)4;/h3*2-3H,1H3;/q3*-1;+3. The van der Waals surface area contributed by atoms with Gasteiger partial charge >= 0.3 is 15.1 Å². The maximum Gasteiger partial charge on any atom is 0.911 e. The van der Waals surface area contributed by atoms with E-state index >= 15 is 0 Å². The van der Waals surface area contributed by atoms with E-state index in [0.29, 0.717) is 0 Å². The first-order valence-corrected chi connectivity index (χ1v) is 5.34. The summed E-state index contributed by atoms with van der Waals surface area (Å²) in [5.74, 6) is 0. The Labute approximate surface area is 82.0 Å². The molecular weight excluding hydrogens is 195 g/mol. The van der Waals surface area contributed by atoms with E-state index in [2.05, 4.69) is 0 Å². The van der Waals surface area contributed by atoms with Crippen LogP contribution in [0.5, 0.6) is 0 Å². The van der Waals surface area contributed by atoms with E-state index < -0.39 is 34.0 Å². The van der Waals surface area contributed by atoms with Gasteiger partial charge in [-0.05, 0) is 20.8 Å². The molecule has 0 aromatic carbocycles. The van der Waals surface area contributed by atoms with E-state index in [0.717, 1.165) is 0 Å². The molecule has 0 saturated carbocycles. The number of hydrogen-bond acceptors (Lipinski definition) is 6. The van der Waals surface area contributed by atoms with E-state index in [1.807, 2.05) is 0 Å². The summed E-state index contributed by atoms with van der Waals surface area (Å²) in [4.78, 5) is 0. The van der Waals surface area contributed by atoms with Crippen molar-refractivity contribution in [2.24, 2.45) is 0 Å². The Morgan fingerprint density at radius 1 is 0.769 bits per heavy atom. The van der Waals surface area contributed by atoms with Gasteiger partial charge in [0.1, 0.15) is 18.9 Å². The van der Waals surface area contributed by atoms with E-state index in [-0.39, 0.29) is 0 Å². The molecule has 78 valence electrons. The van der Waals surface area contributed by atoms with Crippen molar-refractivity contribution < 1.29 is 26.7 Å². The fraction of sp³-hybridized carbons (Fsp3) is 1.00. The smallest absolute Gasteiger partial charge is 0.431 e. The highest BCUT2D eigenvalue weighted by molar-refractivity contribution is 6.36. The molecule has 0 rings (SSSR count). The van der Waals surface area contributed by atoms with Gasteiger partial charge in [0, 0.05) is 0 Å². The second kappa shape index (κ2) is 6.70. The monoisotopic (exact) mass is 210 g/mol. The van der Waals surface area contributed by atoms with Crippen LogP contribution in [-0.4, -0.2) is 49.3 Å². The van der Waals surface area contributed by atoms with Gasteiger partial charge in [0.25, 0.3) is 0 Å². The molecule has 0 aromatic rings. The minimum absolute atomic E-state index is 1.05. The summed E-state index contributed by atoms with van der Waals surface area (Å²) in [6.07, 6.45) is -3.14. The fourth-order valence-electron chi connectivity index (χ4n) is 0.579. The lowest BCUT2D eigenvalue weighted by Crippen LogP contribution is -2.36. The van der Waals surface area contributed by atoms with Gasteiger partial charge in [-0.15, -0.1) is 0 Å². The predicted molar refractivity (Wildman–Crippen MR) is 44.1 cm³/mol. The van der Waals surface area contributed by atoms with Crippen LogP contribution in [0.3, 0.4) is 0 Å². The van der Waals surface area contributed by atoms with Gasteiger partial charge in [-0.25, -0.2) is 0 Å². The summed E-state index contributed by atoms with van der Waals surface area (Å²) in [6, 6.07) is 0. The Balaban J connectivity index is 3.87. The summed E-state index contributed by atoms with van der Waals surface area (Å²) in [7, 11) is 0. The summed E-state index contributed by atoms with van der Waals surface area (Å²) in [5.41, 5.74) is 0. The SMILES string of the molecule is CC(O)[O][Al]([O]C(C)O)[O]C(C)O. The van der Waals surface area contributed by atoms with Crippen LogP contribution in [0.1, 0.15) is 20.8 Å². The van der Waals surface area contributed by atoms with Crippen LogP contribution >= 0.6 is 0 Å². The van der Waals surface area contributed by atoms with Gasteiger partial charge in [-0.2, -0.15) is 0 Å². The van der Waals surface area contributed by atoms with E-state index in [4.69, 9.17) is 26.7 Å². The number of rotatable bonds is 6. The first-order chi connectivity index (χ1) is 5.91. The lowest BCUT2D eigenvalue weighted by Gasteiger charge is -2.18. The maximum absolute atomic E-state index is 8.84. The molecule has 3 unspecified atom stereocenters. The molecule has 0 spiro atoms. The molecule has 0 aliphatic carbocycles. The molecule has 3 atom stereocenters. The molecule has 0 fully saturated rings. The third-order valence-electron chi connectivity index (χ3n) is 0.924. The topological polar surface area (TPSA) is 88.4 Å². The van der Waals surface area contributed by atoms with Gasteiger partial charge in [0.15, 0.2) is 0 Å². The molecule has 0 radical (unpaired) electrons. The van der Waals surface area contributed by atoms with Crippen LogP contribution in [0.15, 0.2) is 0 Å². The van der Waals surface area contributed by atoms with Crippen LogP contribution in [0.2, 0.25) is 0 Å². The van der Waals surface area contributed by atoms with E-state index in [9.17, 15) is 0 Å². The summed E-state index contributed by atoms with van der Waals surface area (Å²) in [5, 5.41) is 26.5. The van der Waals surface area contributed by atoms with Crippen LogP contribution in [0, 0.1) is 0 Å². The van der Waals surface area contributed by atoms with E-state index in [1.165, 1.54) is 20.8 Å². The first kappa shape index (κ1) is 13.3. The van der Waals surface area contributed by atoms with Crippen molar-refractivity contribution in [2.45, 2.75) is 39.6 Å². The van der Waals surface area contributed by atoms with Crippen molar-refractivity contribution in [3.8, 4) is 0 Å². The van der Waals surface area contributed by atoms with Gasteiger partial charge in [0.2, 0.25) is 0 Å². The lowest BCUT2D eigenvalue weighted by molar-refractivity contribution is -0.124. The second-order valence-corrected chi connectivity index (χ2v) is 3.89. The van der Waals surface area contributed by atoms with Gasteiger partial charge in [-0.1, -0.05) is 0 Å². The Kier molecular flexibility index (Phi) is 6.85. The maximum atomic E-state index is 8.84. The third kappa shape index (κ3) is 8.62. The van der Waals surface area contributed by atoms with Gasteiger partial charge in [0.05, 0.1) is 0 Å². The Hall–Kier alpha value is 0.292.